The fraction of sp³-hybridized carbons (Fsp3) is 1.00. The van der Waals surface area contributed by atoms with E-state index in [1.54, 1.807) is 0 Å². The molecule has 20 heavy (non-hydrogen) atoms. The van der Waals surface area contributed by atoms with Gasteiger partial charge in [0, 0.05) is 19.6 Å². The largest absolute Gasteiger partial charge is 0.330 e. The highest BCUT2D eigenvalue weighted by molar-refractivity contribution is 4.85. The lowest BCUT2D eigenvalue weighted by Crippen LogP contribution is -2.40. The maximum Gasteiger partial charge on any atom is 0.0109 e. The van der Waals surface area contributed by atoms with Crippen molar-refractivity contribution in [3.8, 4) is 0 Å². The highest BCUT2D eigenvalue weighted by atomic mass is 15.2. The molecule has 1 aliphatic carbocycles. The average Bonchev–Trinajstić information content (AvgIpc) is 2.42. The Morgan fingerprint density at radius 1 is 1.00 bits per heavy atom. The first kappa shape index (κ1) is 17.9. The molecule has 120 valence electrons. The van der Waals surface area contributed by atoms with Gasteiger partial charge in [0.15, 0.2) is 0 Å². The molecule has 0 heterocycles. The third-order valence-electron chi connectivity index (χ3n) is 4.79. The first-order valence-electron chi connectivity index (χ1n) is 8.54. The molecule has 0 atom stereocenters. The maximum absolute atomic E-state index is 6.12. The van der Waals surface area contributed by atoms with E-state index < -0.39 is 0 Å². The minimum Gasteiger partial charge on any atom is -0.330 e. The van der Waals surface area contributed by atoms with Crippen LogP contribution in [0.2, 0.25) is 0 Å². The summed E-state index contributed by atoms with van der Waals surface area (Å²) in [6, 6.07) is 0. The summed E-state index contributed by atoms with van der Waals surface area (Å²) >= 11 is 0. The molecule has 3 nitrogen and oxygen atoms in total. The predicted molar refractivity (Wildman–Crippen MR) is 89.0 cm³/mol. The summed E-state index contributed by atoms with van der Waals surface area (Å²) in [7, 11) is 4.33. The van der Waals surface area contributed by atoms with E-state index in [-0.39, 0.29) is 0 Å². The second-order valence-corrected chi connectivity index (χ2v) is 7.51. The van der Waals surface area contributed by atoms with Gasteiger partial charge in [-0.05, 0) is 57.8 Å². The average molecular weight is 284 g/mol. The van der Waals surface area contributed by atoms with Crippen molar-refractivity contribution >= 4 is 0 Å². The van der Waals surface area contributed by atoms with E-state index in [0.717, 1.165) is 19.0 Å². The Kier molecular flexibility index (Phi) is 8.08. The summed E-state index contributed by atoms with van der Waals surface area (Å²) in [6.45, 7) is 10.3. The first-order valence-corrected chi connectivity index (χ1v) is 8.54. The van der Waals surface area contributed by atoms with E-state index in [1.807, 2.05) is 0 Å². The SMILES string of the molecule is CC(C)CN(CCN(C)C)CCC1(CN)CCCCC1. The molecule has 2 N–H and O–H groups in total. The zero-order valence-electron chi connectivity index (χ0n) is 14.3. The minimum absolute atomic E-state index is 0.450. The van der Waals surface area contributed by atoms with Gasteiger partial charge in [0.25, 0.3) is 0 Å². The lowest BCUT2D eigenvalue weighted by Gasteiger charge is -2.38. The van der Waals surface area contributed by atoms with E-state index in [4.69, 9.17) is 5.73 Å². The first-order chi connectivity index (χ1) is 9.47. The van der Waals surface area contributed by atoms with Gasteiger partial charge >= 0.3 is 0 Å². The number of likely N-dealkylation sites (N-methyl/N-ethyl adjacent to an activating group) is 1. The Morgan fingerprint density at radius 2 is 1.65 bits per heavy atom. The number of hydrogen-bond donors (Lipinski definition) is 1. The summed E-state index contributed by atoms with van der Waals surface area (Å²) in [5.41, 5.74) is 6.57. The van der Waals surface area contributed by atoms with Crippen LogP contribution in [0.5, 0.6) is 0 Å². The van der Waals surface area contributed by atoms with E-state index in [9.17, 15) is 0 Å². The van der Waals surface area contributed by atoms with Crippen LogP contribution in [0.3, 0.4) is 0 Å². The van der Waals surface area contributed by atoms with Gasteiger partial charge in [-0.2, -0.15) is 0 Å². The zero-order valence-corrected chi connectivity index (χ0v) is 14.3. The molecule has 1 aliphatic rings. The lowest BCUT2D eigenvalue weighted by atomic mass is 9.72. The second-order valence-electron chi connectivity index (χ2n) is 7.51. The van der Waals surface area contributed by atoms with Crippen molar-refractivity contribution in [1.29, 1.82) is 0 Å². The topological polar surface area (TPSA) is 32.5 Å². The second kappa shape index (κ2) is 9.01. The van der Waals surface area contributed by atoms with Gasteiger partial charge in [0.05, 0.1) is 0 Å². The predicted octanol–water partition coefficient (Wildman–Crippen LogP) is 2.81. The molecule has 0 aliphatic heterocycles. The summed E-state index contributed by atoms with van der Waals surface area (Å²) in [6.07, 6.45) is 8.19. The summed E-state index contributed by atoms with van der Waals surface area (Å²) < 4.78 is 0. The van der Waals surface area contributed by atoms with Gasteiger partial charge in [-0.15, -0.1) is 0 Å². The van der Waals surface area contributed by atoms with Crippen LogP contribution in [-0.2, 0) is 0 Å². The van der Waals surface area contributed by atoms with Gasteiger partial charge in [0.1, 0.15) is 0 Å². The molecule has 0 amide bonds. The number of nitrogens with two attached hydrogens (primary N) is 1. The molecule has 0 aromatic rings. The molecule has 0 spiro atoms. The van der Waals surface area contributed by atoms with Gasteiger partial charge in [-0.1, -0.05) is 33.1 Å². The van der Waals surface area contributed by atoms with Gasteiger partial charge < -0.3 is 15.5 Å². The molecular weight excluding hydrogens is 246 g/mol. The molecule has 1 fully saturated rings. The molecule has 3 heteroatoms. The van der Waals surface area contributed by atoms with Crippen LogP contribution in [0.25, 0.3) is 0 Å². The van der Waals surface area contributed by atoms with E-state index in [2.05, 4.69) is 37.7 Å². The van der Waals surface area contributed by atoms with Crippen molar-refractivity contribution in [2.24, 2.45) is 17.1 Å². The van der Waals surface area contributed by atoms with Crippen molar-refractivity contribution in [3.63, 3.8) is 0 Å². The number of nitrogens with zero attached hydrogens (tertiary/aromatic N) is 2. The Morgan fingerprint density at radius 3 is 2.15 bits per heavy atom. The highest BCUT2D eigenvalue weighted by Crippen LogP contribution is 2.38. The number of hydrogen-bond acceptors (Lipinski definition) is 3. The van der Waals surface area contributed by atoms with E-state index >= 15 is 0 Å². The normalized spacial score (nSPS) is 19.2. The highest BCUT2D eigenvalue weighted by Gasteiger charge is 2.30. The Hall–Kier alpha value is -0.120. The molecular formula is C17H37N3. The fourth-order valence-corrected chi connectivity index (χ4v) is 3.41. The lowest BCUT2D eigenvalue weighted by molar-refractivity contribution is 0.135. The van der Waals surface area contributed by atoms with E-state index in [1.165, 1.54) is 58.2 Å². The summed E-state index contributed by atoms with van der Waals surface area (Å²) in [4.78, 5) is 4.93. The van der Waals surface area contributed by atoms with Crippen LogP contribution in [0.15, 0.2) is 0 Å². The molecule has 1 rings (SSSR count). The molecule has 0 radical (unpaired) electrons. The zero-order chi connectivity index (χ0) is 15.0. The number of rotatable bonds is 9. The Labute approximate surface area is 126 Å². The minimum atomic E-state index is 0.450. The van der Waals surface area contributed by atoms with Gasteiger partial charge in [-0.3, -0.25) is 0 Å². The van der Waals surface area contributed by atoms with Gasteiger partial charge in [-0.25, -0.2) is 0 Å². The monoisotopic (exact) mass is 283 g/mol. The molecule has 0 bridgehead atoms. The van der Waals surface area contributed by atoms with Crippen LogP contribution >= 0.6 is 0 Å². The van der Waals surface area contributed by atoms with Crippen LogP contribution in [0.4, 0.5) is 0 Å². The third kappa shape index (κ3) is 6.55. The Balaban J connectivity index is 2.45. The van der Waals surface area contributed by atoms with Gasteiger partial charge in [0.2, 0.25) is 0 Å². The van der Waals surface area contributed by atoms with Crippen molar-refractivity contribution < 1.29 is 0 Å². The Bertz CT molecular complexity index is 245. The molecule has 0 unspecified atom stereocenters. The van der Waals surface area contributed by atoms with Crippen molar-refractivity contribution in [2.75, 3.05) is 46.8 Å². The summed E-state index contributed by atoms with van der Waals surface area (Å²) in [5.74, 6) is 0.748. The fourth-order valence-electron chi connectivity index (χ4n) is 3.41. The third-order valence-corrected chi connectivity index (χ3v) is 4.79. The van der Waals surface area contributed by atoms with Crippen molar-refractivity contribution in [1.82, 2.24) is 9.80 Å². The molecule has 0 aromatic carbocycles. The van der Waals surface area contributed by atoms with Crippen LogP contribution in [0.1, 0.15) is 52.4 Å². The molecule has 0 saturated heterocycles. The van der Waals surface area contributed by atoms with Crippen LogP contribution in [0, 0.1) is 11.3 Å². The molecule has 0 aromatic heterocycles. The van der Waals surface area contributed by atoms with Crippen LogP contribution in [-0.4, -0.2) is 56.6 Å². The quantitative estimate of drug-likeness (QED) is 0.706. The standard InChI is InChI=1S/C17H37N3/c1-16(2)14-20(13-12-19(3)4)11-10-17(15-18)8-6-5-7-9-17/h16H,5-15,18H2,1-4H3. The van der Waals surface area contributed by atoms with E-state index in [0.29, 0.717) is 5.41 Å². The molecule has 1 saturated carbocycles. The van der Waals surface area contributed by atoms with Crippen molar-refractivity contribution in [3.05, 3.63) is 0 Å². The summed E-state index contributed by atoms with van der Waals surface area (Å²) in [5, 5.41) is 0. The smallest absolute Gasteiger partial charge is 0.0109 e. The van der Waals surface area contributed by atoms with Crippen molar-refractivity contribution in [2.45, 2.75) is 52.4 Å². The van der Waals surface area contributed by atoms with Crippen LogP contribution < -0.4 is 5.73 Å². The maximum atomic E-state index is 6.12.